The van der Waals surface area contributed by atoms with Crippen LogP contribution in [0.4, 0.5) is 5.69 Å². The van der Waals surface area contributed by atoms with E-state index in [1.807, 2.05) is 46.2 Å². The van der Waals surface area contributed by atoms with Crippen molar-refractivity contribution in [1.82, 2.24) is 15.1 Å². The fourth-order valence-electron chi connectivity index (χ4n) is 3.16. The molecule has 1 atom stereocenters. The maximum absolute atomic E-state index is 12.4. The monoisotopic (exact) mass is 366 g/mol. The Hall–Kier alpha value is -3.13. The molecule has 27 heavy (non-hydrogen) atoms. The molecular formula is C19H22N6O2. The van der Waals surface area contributed by atoms with Crippen LogP contribution in [-0.4, -0.2) is 47.3 Å². The van der Waals surface area contributed by atoms with E-state index in [9.17, 15) is 4.79 Å². The Morgan fingerprint density at radius 1 is 1.41 bits per heavy atom. The van der Waals surface area contributed by atoms with Crippen LogP contribution >= 0.6 is 0 Å². The van der Waals surface area contributed by atoms with E-state index in [1.165, 1.54) is 0 Å². The van der Waals surface area contributed by atoms with Crippen molar-refractivity contribution in [2.75, 3.05) is 24.7 Å². The number of carbonyl (C=O) groups is 1. The number of carbonyl (C=O) groups excluding carboxylic acids is 1. The van der Waals surface area contributed by atoms with E-state index in [0.717, 1.165) is 17.7 Å². The summed E-state index contributed by atoms with van der Waals surface area (Å²) in [6.07, 6.45) is 8.15. The summed E-state index contributed by atoms with van der Waals surface area (Å²) in [5, 5.41) is 7.43. The van der Waals surface area contributed by atoms with Crippen molar-refractivity contribution in [3.63, 3.8) is 0 Å². The first-order valence-electron chi connectivity index (χ1n) is 8.93. The van der Waals surface area contributed by atoms with Gasteiger partial charge in [-0.2, -0.15) is 5.10 Å². The third-order valence-electron chi connectivity index (χ3n) is 4.57. The number of anilines is 1. The molecule has 0 spiro atoms. The molecule has 1 fully saturated rings. The van der Waals surface area contributed by atoms with Crippen LogP contribution in [0.1, 0.15) is 22.3 Å². The van der Waals surface area contributed by atoms with Crippen molar-refractivity contribution in [2.45, 2.75) is 19.0 Å². The van der Waals surface area contributed by atoms with E-state index in [0.29, 0.717) is 37.7 Å². The smallest absolute Gasteiger partial charge is 0.251 e. The van der Waals surface area contributed by atoms with Gasteiger partial charge in [0, 0.05) is 30.8 Å². The second kappa shape index (κ2) is 7.63. The summed E-state index contributed by atoms with van der Waals surface area (Å²) < 4.78 is 7.15. The van der Waals surface area contributed by atoms with Crippen LogP contribution in [-0.2, 0) is 11.3 Å². The zero-order valence-corrected chi connectivity index (χ0v) is 14.9. The molecule has 1 saturated heterocycles. The highest BCUT2D eigenvalue weighted by molar-refractivity contribution is 5.94. The summed E-state index contributed by atoms with van der Waals surface area (Å²) in [6, 6.07) is 7.71. The second-order valence-electron chi connectivity index (χ2n) is 6.68. The Balaban J connectivity index is 1.42. The third kappa shape index (κ3) is 4.17. The van der Waals surface area contributed by atoms with Gasteiger partial charge >= 0.3 is 0 Å². The average Bonchev–Trinajstić information content (AvgIpc) is 3.34. The normalized spacial score (nSPS) is 19.2. The molecule has 0 aliphatic carbocycles. The van der Waals surface area contributed by atoms with E-state index in [2.05, 4.69) is 15.4 Å². The van der Waals surface area contributed by atoms with Crippen molar-refractivity contribution in [3.8, 4) is 0 Å². The van der Waals surface area contributed by atoms with Gasteiger partial charge in [-0.15, -0.1) is 0 Å². The molecule has 4 rings (SSSR count). The number of rotatable bonds is 5. The van der Waals surface area contributed by atoms with Crippen LogP contribution in [0.15, 0.2) is 54.1 Å². The van der Waals surface area contributed by atoms with Gasteiger partial charge < -0.3 is 20.7 Å². The predicted molar refractivity (Wildman–Crippen MR) is 103 cm³/mol. The van der Waals surface area contributed by atoms with Gasteiger partial charge in [-0.3, -0.25) is 9.48 Å². The Labute approximate surface area is 157 Å². The Morgan fingerprint density at radius 2 is 2.33 bits per heavy atom. The van der Waals surface area contributed by atoms with Crippen LogP contribution in [0, 0.1) is 0 Å². The summed E-state index contributed by atoms with van der Waals surface area (Å²) in [7, 11) is 0. The number of hydrogen-bond acceptors (Lipinski definition) is 6. The molecule has 140 valence electrons. The number of nitrogens with two attached hydrogens (primary N) is 1. The molecule has 8 nitrogen and oxygen atoms in total. The highest BCUT2D eigenvalue weighted by Gasteiger charge is 2.18. The fraction of sp³-hybridized carbons (Fsp3) is 0.316. The molecule has 3 N–H and O–H groups in total. The molecule has 2 aliphatic heterocycles. The number of benzene rings is 1. The zero-order chi connectivity index (χ0) is 18.6. The number of aliphatic imine (C=N–C) groups is 1. The number of nitrogens with zero attached hydrogens (tertiary/aromatic N) is 4. The quantitative estimate of drug-likeness (QED) is 0.826. The van der Waals surface area contributed by atoms with Gasteiger partial charge in [0.1, 0.15) is 5.84 Å². The summed E-state index contributed by atoms with van der Waals surface area (Å²) in [5.41, 5.74) is 8.38. The summed E-state index contributed by atoms with van der Waals surface area (Å²) in [6.45, 7) is 2.41. The molecule has 1 amide bonds. The average molecular weight is 366 g/mol. The lowest BCUT2D eigenvalue weighted by molar-refractivity contribution is 0.0930. The van der Waals surface area contributed by atoms with Gasteiger partial charge in [0.15, 0.2) is 0 Å². The van der Waals surface area contributed by atoms with Crippen molar-refractivity contribution >= 4 is 17.4 Å². The Kier molecular flexibility index (Phi) is 4.88. The van der Waals surface area contributed by atoms with E-state index in [4.69, 9.17) is 10.5 Å². The SMILES string of the molecule is NC1=NC=CN(c2cnn(Cc3cccc(C(=O)NC4CCOC4)c3)c2)C1. The molecule has 1 aromatic carbocycles. The predicted octanol–water partition coefficient (Wildman–Crippen LogP) is 1.10. The molecule has 0 radical (unpaired) electrons. The number of aromatic nitrogens is 2. The minimum absolute atomic E-state index is 0.0679. The zero-order valence-electron chi connectivity index (χ0n) is 14.9. The lowest BCUT2D eigenvalue weighted by Crippen LogP contribution is -2.35. The second-order valence-corrected chi connectivity index (χ2v) is 6.68. The number of ether oxygens (including phenoxy) is 1. The number of amidine groups is 1. The lowest BCUT2D eigenvalue weighted by Gasteiger charge is -2.19. The molecule has 0 saturated carbocycles. The Bertz CT molecular complexity index is 882. The van der Waals surface area contributed by atoms with Crippen molar-refractivity contribution in [3.05, 3.63) is 60.2 Å². The number of nitrogens with one attached hydrogen (secondary N) is 1. The van der Waals surface area contributed by atoms with Crippen LogP contribution in [0.25, 0.3) is 0 Å². The summed E-state index contributed by atoms with van der Waals surface area (Å²) >= 11 is 0. The Morgan fingerprint density at radius 3 is 3.15 bits per heavy atom. The fourth-order valence-corrected chi connectivity index (χ4v) is 3.16. The van der Waals surface area contributed by atoms with E-state index < -0.39 is 0 Å². The van der Waals surface area contributed by atoms with Gasteiger partial charge in [0.2, 0.25) is 0 Å². The van der Waals surface area contributed by atoms with Crippen molar-refractivity contribution in [1.29, 1.82) is 0 Å². The van der Waals surface area contributed by atoms with Gasteiger partial charge in [-0.25, -0.2) is 4.99 Å². The molecule has 0 bridgehead atoms. The van der Waals surface area contributed by atoms with E-state index in [1.54, 1.807) is 12.4 Å². The van der Waals surface area contributed by atoms with Crippen molar-refractivity contribution in [2.24, 2.45) is 10.7 Å². The molecule has 8 heteroatoms. The van der Waals surface area contributed by atoms with Crippen LogP contribution in [0.2, 0.25) is 0 Å². The first-order chi connectivity index (χ1) is 13.2. The molecule has 1 aromatic heterocycles. The largest absolute Gasteiger partial charge is 0.386 e. The van der Waals surface area contributed by atoms with E-state index in [-0.39, 0.29) is 11.9 Å². The van der Waals surface area contributed by atoms with E-state index >= 15 is 0 Å². The number of hydrogen-bond donors (Lipinski definition) is 2. The van der Waals surface area contributed by atoms with Crippen molar-refractivity contribution < 1.29 is 9.53 Å². The third-order valence-corrected chi connectivity index (χ3v) is 4.57. The van der Waals surface area contributed by atoms with Crippen LogP contribution in [0.3, 0.4) is 0 Å². The first-order valence-corrected chi connectivity index (χ1v) is 8.93. The maximum atomic E-state index is 12.4. The summed E-state index contributed by atoms with van der Waals surface area (Å²) in [4.78, 5) is 18.4. The highest BCUT2D eigenvalue weighted by Crippen LogP contribution is 2.16. The first kappa shape index (κ1) is 17.3. The molecular weight excluding hydrogens is 344 g/mol. The van der Waals surface area contributed by atoms with Gasteiger partial charge in [-0.1, -0.05) is 12.1 Å². The van der Waals surface area contributed by atoms with Gasteiger partial charge in [-0.05, 0) is 24.1 Å². The maximum Gasteiger partial charge on any atom is 0.251 e. The minimum Gasteiger partial charge on any atom is -0.386 e. The highest BCUT2D eigenvalue weighted by atomic mass is 16.5. The number of amides is 1. The van der Waals surface area contributed by atoms with Crippen LogP contribution < -0.4 is 16.0 Å². The topological polar surface area (TPSA) is 97.8 Å². The molecule has 2 aromatic rings. The minimum atomic E-state index is -0.0679. The van der Waals surface area contributed by atoms with Crippen LogP contribution in [0.5, 0.6) is 0 Å². The molecule has 3 heterocycles. The lowest BCUT2D eigenvalue weighted by atomic mass is 10.1. The van der Waals surface area contributed by atoms with Gasteiger partial charge in [0.25, 0.3) is 5.91 Å². The standard InChI is InChI=1S/C19H22N6O2/c20-18-12-24(6-5-21-18)17-9-22-25(11-17)10-14-2-1-3-15(8-14)19(26)23-16-4-7-27-13-16/h1-3,5-6,8-9,11,16H,4,7,10,12-13H2,(H2,20,21)(H,23,26). The van der Waals surface area contributed by atoms with Gasteiger partial charge in [0.05, 0.1) is 37.6 Å². The molecule has 2 aliphatic rings. The molecule has 1 unspecified atom stereocenters. The summed E-state index contributed by atoms with van der Waals surface area (Å²) in [5.74, 6) is 0.498.